The largest absolute Gasteiger partial charge is 0.479 e. The molecule has 0 bridgehead atoms. The first-order valence-corrected chi connectivity index (χ1v) is 3.20. The summed E-state index contributed by atoms with van der Waals surface area (Å²) in [6.45, 7) is 2.16. The first kappa shape index (κ1) is 7.50. The number of carboxylic acid groups (broad SMARTS) is 1. The molecule has 1 aliphatic rings. The van der Waals surface area contributed by atoms with Crippen molar-refractivity contribution < 1.29 is 19.4 Å². The molecule has 10 heavy (non-hydrogen) atoms. The molecule has 1 aliphatic heterocycles. The van der Waals surface area contributed by atoms with Gasteiger partial charge in [0, 0.05) is 6.42 Å². The Labute approximate surface area is 58.7 Å². The van der Waals surface area contributed by atoms with Gasteiger partial charge in [-0.15, -0.1) is 0 Å². The fourth-order valence-corrected chi connectivity index (χ4v) is 0.861. The van der Waals surface area contributed by atoms with Gasteiger partial charge in [-0.2, -0.15) is 0 Å². The van der Waals surface area contributed by atoms with Crippen LogP contribution in [0.25, 0.3) is 0 Å². The van der Waals surface area contributed by atoms with Crippen LogP contribution in [0.15, 0.2) is 0 Å². The second-order valence-electron chi connectivity index (χ2n) is 2.19. The molecule has 0 amide bonds. The molecule has 4 heteroatoms. The number of ether oxygens (including phenoxy) is 2. The van der Waals surface area contributed by atoms with Gasteiger partial charge < -0.3 is 14.6 Å². The number of aliphatic carboxylic acids is 1. The fourth-order valence-electron chi connectivity index (χ4n) is 0.861. The lowest BCUT2D eigenvalue weighted by Gasteiger charge is -2.24. The summed E-state index contributed by atoms with van der Waals surface area (Å²) in [6, 6.07) is 0. The second-order valence-corrected chi connectivity index (χ2v) is 2.19. The van der Waals surface area contributed by atoms with Gasteiger partial charge in [-0.3, -0.25) is 0 Å². The minimum absolute atomic E-state index is 0.380. The van der Waals surface area contributed by atoms with Gasteiger partial charge in [0.1, 0.15) is 0 Å². The standard InChI is InChI=1S/C6H10O4/c1-4-9-3-2-5(10-4)6(7)8/h4-5H,2-3H2,1H3,(H,7,8)/t4-,5-/m0/s1. The number of hydrogen-bond donors (Lipinski definition) is 1. The predicted molar refractivity (Wildman–Crippen MR) is 32.5 cm³/mol. The Morgan fingerprint density at radius 2 is 2.40 bits per heavy atom. The number of carboxylic acids is 1. The number of hydrogen-bond acceptors (Lipinski definition) is 3. The van der Waals surface area contributed by atoms with Gasteiger partial charge in [-0.1, -0.05) is 0 Å². The molecule has 1 N–H and O–H groups in total. The van der Waals surface area contributed by atoms with Gasteiger partial charge >= 0.3 is 5.97 Å². The molecule has 0 spiro atoms. The zero-order valence-corrected chi connectivity index (χ0v) is 5.74. The normalized spacial score (nSPS) is 33.7. The Kier molecular flexibility index (Phi) is 2.24. The molecule has 1 heterocycles. The Morgan fingerprint density at radius 3 is 2.80 bits per heavy atom. The maximum atomic E-state index is 10.3. The van der Waals surface area contributed by atoms with Gasteiger partial charge in [0.25, 0.3) is 0 Å². The lowest BCUT2D eigenvalue weighted by molar-refractivity contribution is -0.212. The predicted octanol–water partition coefficient (Wildman–Crippen LogP) is 0.222. The van der Waals surface area contributed by atoms with Gasteiger partial charge in [0.05, 0.1) is 6.61 Å². The summed E-state index contributed by atoms with van der Waals surface area (Å²) >= 11 is 0. The van der Waals surface area contributed by atoms with E-state index in [1.165, 1.54) is 0 Å². The summed E-state index contributed by atoms with van der Waals surface area (Å²) in [5.41, 5.74) is 0. The third kappa shape index (κ3) is 1.68. The second kappa shape index (κ2) is 2.98. The molecule has 1 rings (SSSR count). The highest BCUT2D eigenvalue weighted by molar-refractivity contribution is 5.72. The van der Waals surface area contributed by atoms with Crippen LogP contribution in [0, 0.1) is 0 Å². The monoisotopic (exact) mass is 146 g/mol. The molecular formula is C6H10O4. The van der Waals surface area contributed by atoms with E-state index in [0.29, 0.717) is 13.0 Å². The third-order valence-corrected chi connectivity index (χ3v) is 1.36. The molecular weight excluding hydrogens is 136 g/mol. The lowest BCUT2D eigenvalue weighted by Crippen LogP contribution is -2.35. The summed E-state index contributed by atoms with van der Waals surface area (Å²) in [5.74, 6) is -0.907. The highest BCUT2D eigenvalue weighted by Gasteiger charge is 2.25. The van der Waals surface area contributed by atoms with Crippen LogP contribution in [0.1, 0.15) is 13.3 Å². The van der Waals surface area contributed by atoms with E-state index in [-0.39, 0.29) is 6.29 Å². The first-order chi connectivity index (χ1) is 4.70. The smallest absolute Gasteiger partial charge is 0.333 e. The molecule has 0 aromatic rings. The highest BCUT2D eigenvalue weighted by atomic mass is 16.7. The molecule has 4 nitrogen and oxygen atoms in total. The summed E-state index contributed by atoms with van der Waals surface area (Å²) in [5, 5.41) is 8.48. The number of rotatable bonds is 1. The Hall–Kier alpha value is -0.610. The van der Waals surface area contributed by atoms with E-state index in [1.54, 1.807) is 6.92 Å². The van der Waals surface area contributed by atoms with Crippen LogP contribution >= 0.6 is 0 Å². The minimum atomic E-state index is -0.907. The molecule has 1 saturated heterocycles. The van der Waals surface area contributed by atoms with Crippen molar-refractivity contribution in [1.29, 1.82) is 0 Å². The average Bonchev–Trinajstić information content (AvgIpc) is 1.88. The molecule has 0 aromatic heterocycles. The molecule has 0 aliphatic carbocycles. The number of carbonyl (C=O) groups is 1. The SMILES string of the molecule is C[C@H]1OCC[C@@H](C(=O)O)O1. The molecule has 0 aromatic carbocycles. The summed E-state index contributed by atoms with van der Waals surface area (Å²) in [6.07, 6.45) is -0.613. The first-order valence-electron chi connectivity index (χ1n) is 3.20. The fraction of sp³-hybridized carbons (Fsp3) is 0.833. The van der Waals surface area contributed by atoms with Crippen LogP contribution in [-0.4, -0.2) is 30.1 Å². The van der Waals surface area contributed by atoms with E-state index >= 15 is 0 Å². The van der Waals surface area contributed by atoms with E-state index in [1.807, 2.05) is 0 Å². The van der Waals surface area contributed by atoms with Crippen LogP contribution in [-0.2, 0) is 14.3 Å². The zero-order valence-electron chi connectivity index (χ0n) is 5.74. The van der Waals surface area contributed by atoms with Crippen molar-refractivity contribution in [1.82, 2.24) is 0 Å². The van der Waals surface area contributed by atoms with Crippen molar-refractivity contribution in [3.05, 3.63) is 0 Å². The quantitative estimate of drug-likeness (QED) is 0.575. The Balaban J connectivity index is 2.39. The van der Waals surface area contributed by atoms with Crippen molar-refractivity contribution in [2.75, 3.05) is 6.61 Å². The van der Waals surface area contributed by atoms with E-state index in [2.05, 4.69) is 0 Å². The maximum Gasteiger partial charge on any atom is 0.333 e. The molecule has 0 unspecified atom stereocenters. The Bertz CT molecular complexity index is 134. The van der Waals surface area contributed by atoms with Crippen LogP contribution in [0.4, 0.5) is 0 Å². The molecule has 0 saturated carbocycles. The molecule has 1 fully saturated rings. The summed E-state index contributed by atoms with van der Waals surface area (Å²) < 4.78 is 9.90. The van der Waals surface area contributed by atoms with E-state index in [4.69, 9.17) is 14.6 Å². The Morgan fingerprint density at radius 1 is 1.70 bits per heavy atom. The summed E-state index contributed by atoms with van der Waals surface area (Å²) in [7, 11) is 0. The maximum absolute atomic E-state index is 10.3. The van der Waals surface area contributed by atoms with Crippen molar-refractivity contribution in [2.45, 2.75) is 25.7 Å². The van der Waals surface area contributed by atoms with Gasteiger partial charge in [-0.05, 0) is 6.92 Å². The average molecular weight is 146 g/mol. The van der Waals surface area contributed by atoms with Crippen molar-refractivity contribution in [3.63, 3.8) is 0 Å². The zero-order chi connectivity index (χ0) is 7.56. The van der Waals surface area contributed by atoms with Crippen molar-refractivity contribution in [2.24, 2.45) is 0 Å². The van der Waals surface area contributed by atoms with Gasteiger partial charge in [0.15, 0.2) is 12.4 Å². The van der Waals surface area contributed by atoms with Crippen molar-refractivity contribution >= 4 is 5.97 Å². The van der Waals surface area contributed by atoms with Crippen LogP contribution in [0.3, 0.4) is 0 Å². The van der Waals surface area contributed by atoms with Crippen LogP contribution in [0.2, 0.25) is 0 Å². The van der Waals surface area contributed by atoms with Crippen LogP contribution < -0.4 is 0 Å². The van der Waals surface area contributed by atoms with E-state index < -0.39 is 12.1 Å². The molecule has 58 valence electrons. The van der Waals surface area contributed by atoms with E-state index in [0.717, 1.165) is 0 Å². The third-order valence-electron chi connectivity index (χ3n) is 1.36. The van der Waals surface area contributed by atoms with Gasteiger partial charge in [0.2, 0.25) is 0 Å². The van der Waals surface area contributed by atoms with Crippen molar-refractivity contribution in [3.8, 4) is 0 Å². The topological polar surface area (TPSA) is 55.8 Å². The van der Waals surface area contributed by atoms with Gasteiger partial charge in [-0.25, -0.2) is 4.79 Å². The highest BCUT2D eigenvalue weighted by Crippen LogP contribution is 2.11. The lowest BCUT2D eigenvalue weighted by atomic mass is 10.2. The summed E-state index contributed by atoms with van der Waals surface area (Å²) in [4.78, 5) is 10.3. The van der Waals surface area contributed by atoms with E-state index in [9.17, 15) is 4.79 Å². The van der Waals surface area contributed by atoms with Crippen LogP contribution in [0.5, 0.6) is 0 Å². The molecule has 2 atom stereocenters. The minimum Gasteiger partial charge on any atom is -0.479 e. The molecule has 0 radical (unpaired) electrons.